The standard InChI is InChI=1S/C29H45O4P/c1-4-7-9-10-11-12-14-18-27-21-23-29(24-22-27)33-34(30,32-28-19-15-13-16-20-28)31-25-26(6-3)17-8-5-2/h13,15-16,19-24,26H,4-12,14,17-18,25H2,1-3H3. The summed E-state index contributed by atoms with van der Waals surface area (Å²) < 4.78 is 31.1. The Morgan fingerprint density at radius 1 is 0.706 bits per heavy atom. The van der Waals surface area contributed by atoms with Gasteiger partial charge in [-0.15, -0.1) is 0 Å². The van der Waals surface area contributed by atoms with Crippen molar-refractivity contribution < 1.29 is 18.1 Å². The van der Waals surface area contributed by atoms with E-state index in [9.17, 15) is 4.57 Å². The predicted octanol–water partition coefficient (Wildman–Crippen LogP) is 9.78. The summed E-state index contributed by atoms with van der Waals surface area (Å²) in [5.41, 5.74) is 1.27. The molecule has 0 aliphatic heterocycles. The molecule has 0 heterocycles. The molecule has 0 fully saturated rings. The van der Waals surface area contributed by atoms with Crippen LogP contribution < -0.4 is 9.05 Å². The van der Waals surface area contributed by atoms with E-state index in [1.165, 1.54) is 50.5 Å². The zero-order valence-electron chi connectivity index (χ0n) is 21.5. The summed E-state index contributed by atoms with van der Waals surface area (Å²) in [6.45, 7) is 6.92. The smallest absolute Gasteiger partial charge is 0.395 e. The van der Waals surface area contributed by atoms with Gasteiger partial charge < -0.3 is 9.05 Å². The number of aryl methyl sites for hydroxylation is 1. The molecule has 0 aromatic heterocycles. The molecule has 2 rings (SSSR count). The van der Waals surface area contributed by atoms with Crippen molar-refractivity contribution in [3.8, 4) is 11.5 Å². The fourth-order valence-corrected chi connectivity index (χ4v) is 5.20. The molecule has 4 nitrogen and oxygen atoms in total. The van der Waals surface area contributed by atoms with Crippen molar-refractivity contribution in [1.29, 1.82) is 0 Å². The molecule has 0 saturated heterocycles. The summed E-state index contributed by atoms with van der Waals surface area (Å²) in [4.78, 5) is 0. The summed E-state index contributed by atoms with van der Waals surface area (Å²) in [6.07, 6.45) is 14.5. The van der Waals surface area contributed by atoms with Gasteiger partial charge in [-0.1, -0.05) is 109 Å². The van der Waals surface area contributed by atoms with Gasteiger partial charge in [0.2, 0.25) is 0 Å². The molecule has 2 unspecified atom stereocenters. The Hall–Kier alpha value is -1.77. The van der Waals surface area contributed by atoms with Gasteiger partial charge in [-0.05, 0) is 55.0 Å². The minimum atomic E-state index is -3.82. The summed E-state index contributed by atoms with van der Waals surface area (Å²) in [5, 5.41) is 0. The highest BCUT2D eigenvalue weighted by molar-refractivity contribution is 7.49. The van der Waals surface area contributed by atoms with Crippen LogP contribution in [0.1, 0.15) is 97.0 Å². The minimum absolute atomic E-state index is 0.334. The Morgan fingerprint density at radius 2 is 1.29 bits per heavy atom. The highest BCUT2D eigenvalue weighted by Gasteiger charge is 2.32. The van der Waals surface area contributed by atoms with Crippen LogP contribution in [-0.4, -0.2) is 6.61 Å². The maximum atomic E-state index is 13.6. The number of hydrogen-bond donors (Lipinski definition) is 0. The molecule has 0 bridgehead atoms. The molecule has 0 N–H and O–H groups in total. The average Bonchev–Trinajstić information content (AvgIpc) is 2.85. The van der Waals surface area contributed by atoms with Crippen LogP contribution in [0.4, 0.5) is 0 Å². The summed E-state index contributed by atoms with van der Waals surface area (Å²) in [7, 11) is -3.82. The van der Waals surface area contributed by atoms with Gasteiger partial charge in [0.1, 0.15) is 11.5 Å². The van der Waals surface area contributed by atoms with Crippen LogP contribution in [0, 0.1) is 5.92 Å². The lowest BCUT2D eigenvalue weighted by Gasteiger charge is -2.22. The monoisotopic (exact) mass is 488 g/mol. The van der Waals surface area contributed by atoms with Gasteiger partial charge in [0.05, 0.1) is 6.61 Å². The van der Waals surface area contributed by atoms with Crippen molar-refractivity contribution >= 4 is 7.82 Å². The Kier molecular flexibility index (Phi) is 14.1. The third kappa shape index (κ3) is 11.6. The molecule has 190 valence electrons. The normalized spacial score (nSPS) is 13.9. The average molecular weight is 489 g/mol. The van der Waals surface area contributed by atoms with Crippen LogP contribution in [0.3, 0.4) is 0 Å². The second kappa shape index (κ2) is 16.8. The van der Waals surface area contributed by atoms with E-state index in [0.717, 1.165) is 32.1 Å². The largest absolute Gasteiger partial charge is 0.587 e. The number of unbranched alkanes of at least 4 members (excludes halogenated alkanes) is 7. The first-order valence-corrected chi connectivity index (χ1v) is 14.8. The first kappa shape index (κ1) is 28.5. The van der Waals surface area contributed by atoms with E-state index in [2.05, 4.69) is 32.9 Å². The van der Waals surface area contributed by atoms with Crippen molar-refractivity contribution in [2.24, 2.45) is 5.92 Å². The SMILES string of the molecule is CCCCCCCCCc1ccc(OP(=O)(OCC(CC)CCCC)Oc2ccccc2)cc1. The summed E-state index contributed by atoms with van der Waals surface area (Å²) >= 11 is 0. The molecule has 0 aliphatic carbocycles. The van der Waals surface area contributed by atoms with Crippen LogP contribution in [-0.2, 0) is 15.5 Å². The van der Waals surface area contributed by atoms with Crippen molar-refractivity contribution in [3.63, 3.8) is 0 Å². The lowest BCUT2D eigenvalue weighted by Crippen LogP contribution is -2.12. The van der Waals surface area contributed by atoms with E-state index in [1.54, 1.807) is 12.1 Å². The van der Waals surface area contributed by atoms with E-state index in [-0.39, 0.29) is 0 Å². The molecule has 0 aliphatic rings. The maximum Gasteiger partial charge on any atom is 0.587 e. The minimum Gasteiger partial charge on any atom is -0.395 e. The predicted molar refractivity (Wildman–Crippen MR) is 143 cm³/mol. The number of benzene rings is 2. The van der Waals surface area contributed by atoms with Gasteiger partial charge in [0, 0.05) is 0 Å². The number of hydrogen-bond acceptors (Lipinski definition) is 4. The molecule has 0 spiro atoms. The molecule has 2 aromatic carbocycles. The molecular formula is C29H45O4P. The van der Waals surface area contributed by atoms with Crippen LogP contribution in [0.15, 0.2) is 54.6 Å². The Bertz CT molecular complexity index is 807. The molecule has 0 radical (unpaired) electrons. The third-order valence-corrected chi connectivity index (χ3v) is 7.52. The number of phosphoric ester groups is 1. The molecule has 0 saturated carbocycles. The molecule has 2 atom stereocenters. The van der Waals surface area contributed by atoms with Gasteiger partial charge in [0.25, 0.3) is 0 Å². The van der Waals surface area contributed by atoms with E-state index < -0.39 is 7.82 Å². The van der Waals surface area contributed by atoms with Crippen LogP contribution in [0.2, 0.25) is 0 Å². The summed E-state index contributed by atoms with van der Waals surface area (Å²) in [5.74, 6) is 1.31. The maximum absolute atomic E-state index is 13.6. The Balaban J connectivity index is 1.94. The zero-order chi connectivity index (χ0) is 24.5. The van der Waals surface area contributed by atoms with E-state index in [0.29, 0.717) is 24.0 Å². The van der Waals surface area contributed by atoms with Gasteiger partial charge in [0.15, 0.2) is 0 Å². The first-order chi connectivity index (χ1) is 16.6. The van der Waals surface area contributed by atoms with Crippen LogP contribution in [0.25, 0.3) is 0 Å². The van der Waals surface area contributed by atoms with Gasteiger partial charge in [-0.3, -0.25) is 4.52 Å². The molecule has 5 heteroatoms. The zero-order valence-corrected chi connectivity index (χ0v) is 22.4. The van der Waals surface area contributed by atoms with Gasteiger partial charge in [-0.25, -0.2) is 4.57 Å². The quantitative estimate of drug-likeness (QED) is 0.146. The van der Waals surface area contributed by atoms with E-state index in [1.807, 2.05) is 30.3 Å². The fourth-order valence-electron chi connectivity index (χ4n) is 3.91. The number of phosphoric acid groups is 1. The molecule has 34 heavy (non-hydrogen) atoms. The molecular weight excluding hydrogens is 443 g/mol. The highest BCUT2D eigenvalue weighted by atomic mass is 31.2. The Labute approximate surface area is 208 Å². The molecule has 0 amide bonds. The second-order valence-corrected chi connectivity index (χ2v) is 10.7. The van der Waals surface area contributed by atoms with Crippen molar-refractivity contribution in [1.82, 2.24) is 0 Å². The number of rotatable bonds is 19. The van der Waals surface area contributed by atoms with Crippen molar-refractivity contribution in [3.05, 3.63) is 60.2 Å². The lowest BCUT2D eigenvalue weighted by atomic mass is 10.0. The molecule has 2 aromatic rings. The van der Waals surface area contributed by atoms with Crippen LogP contribution in [0.5, 0.6) is 11.5 Å². The first-order valence-electron chi connectivity index (χ1n) is 13.4. The van der Waals surface area contributed by atoms with Crippen molar-refractivity contribution in [2.45, 2.75) is 97.8 Å². The lowest BCUT2D eigenvalue weighted by molar-refractivity contribution is 0.170. The third-order valence-electron chi connectivity index (χ3n) is 6.18. The highest BCUT2D eigenvalue weighted by Crippen LogP contribution is 2.50. The fraction of sp³-hybridized carbons (Fsp3) is 0.586. The van der Waals surface area contributed by atoms with Crippen molar-refractivity contribution in [2.75, 3.05) is 6.61 Å². The second-order valence-electron chi connectivity index (χ2n) is 9.17. The van der Waals surface area contributed by atoms with Crippen LogP contribution >= 0.6 is 7.82 Å². The Morgan fingerprint density at radius 3 is 1.91 bits per heavy atom. The van der Waals surface area contributed by atoms with E-state index >= 15 is 0 Å². The number of para-hydroxylation sites is 1. The van der Waals surface area contributed by atoms with Gasteiger partial charge in [-0.2, -0.15) is 0 Å². The van der Waals surface area contributed by atoms with E-state index in [4.69, 9.17) is 13.6 Å². The topological polar surface area (TPSA) is 44.8 Å². The summed E-state index contributed by atoms with van der Waals surface area (Å²) in [6, 6.07) is 16.9. The van der Waals surface area contributed by atoms with Gasteiger partial charge >= 0.3 is 7.82 Å².